The number of benzene rings is 2. The summed E-state index contributed by atoms with van der Waals surface area (Å²) in [4.78, 5) is 11.7. The van der Waals surface area contributed by atoms with E-state index in [1.165, 1.54) is 69.8 Å². The van der Waals surface area contributed by atoms with Crippen molar-refractivity contribution in [3.05, 3.63) is 65.7 Å². The lowest BCUT2D eigenvalue weighted by atomic mass is 9.75. The summed E-state index contributed by atoms with van der Waals surface area (Å²) in [6.07, 6.45) is 14.9. The molecule has 0 spiro atoms. The highest BCUT2D eigenvalue weighted by Crippen LogP contribution is 2.41. The molecule has 5 nitrogen and oxygen atoms in total. The van der Waals surface area contributed by atoms with Gasteiger partial charge in [-0.3, -0.25) is 0 Å². The Bertz CT molecular complexity index is 1110. The fraction of sp³-hybridized carbons (Fsp3) is 0.595. The van der Waals surface area contributed by atoms with E-state index in [4.69, 9.17) is 14.2 Å². The number of esters is 1. The van der Waals surface area contributed by atoms with E-state index in [-0.39, 0.29) is 19.8 Å². The average molecular weight is 577 g/mol. The molecule has 2 aromatic rings. The van der Waals surface area contributed by atoms with Crippen LogP contribution in [0.4, 0.5) is 0 Å². The Morgan fingerprint density at radius 1 is 0.952 bits per heavy atom. The summed E-state index contributed by atoms with van der Waals surface area (Å²) in [7, 11) is 0. The number of carbonyl (C=O) groups is 1. The van der Waals surface area contributed by atoms with Crippen molar-refractivity contribution >= 4 is 5.97 Å². The molecule has 0 bridgehead atoms. The fourth-order valence-electron chi connectivity index (χ4n) is 6.63. The number of aliphatic hydroxyl groups excluding tert-OH is 1. The molecule has 4 rings (SSSR count). The highest BCUT2D eigenvalue weighted by Gasteiger charge is 2.32. The fourth-order valence-corrected chi connectivity index (χ4v) is 6.63. The van der Waals surface area contributed by atoms with Crippen LogP contribution in [0.1, 0.15) is 102 Å². The quantitative estimate of drug-likeness (QED) is 0.131. The van der Waals surface area contributed by atoms with Gasteiger partial charge in [-0.15, -0.1) is 0 Å². The van der Waals surface area contributed by atoms with Crippen molar-refractivity contribution in [2.45, 2.75) is 103 Å². The molecule has 1 heterocycles. The van der Waals surface area contributed by atoms with Gasteiger partial charge >= 0.3 is 5.97 Å². The Labute approximate surface area is 253 Å². The predicted molar refractivity (Wildman–Crippen MR) is 170 cm³/mol. The zero-order valence-electron chi connectivity index (χ0n) is 26.0. The second kappa shape index (κ2) is 16.9. The van der Waals surface area contributed by atoms with E-state index in [0.29, 0.717) is 24.0 Å². The van der Waals surface area contributed by atoms with Gasteiger partial charge in [0.1, 0.15) is 19.0 Å². The zero-order chi connectivity index (χ0) is 29.7. The van der Waals surface area contributed by atoms with Gasteiger partial charge < -0.3 is 19.3 Å². The van der Waals surface area contributed by atoms with Gasteiger partial charge in [0, 0.05) is 18.8 Å². The van der Waals surface area contributed by atoms with Crippen molar-refractivity contribution in [1.82, 2.24) is 0 Å². The number of hydrogen-bond acceptors (Lipinski definition) is 5. The third-order valence-corrected chi connectivity index (χ3v) is 9.23. The van der Waals surface area contributed by atoms with Gasteiger partial charge in [-0.05, 0) is 111 Å². The van der Waals surface area contributed by atoms with E-state index in [2.05, 4.69) is 56.0 Å². The van der Waals surface area contributed by atoms with Crippen LogP contribution < -0.4 is 4.74 Å². The molecule has 0 radical (unpaired) electrons. The molecule has 2 aliphatic rings. The normalized spacial score (nSPS) is 22.5. The second-order valence-corrected chi connectivity index (χ2v) is 12.5. The van der Waals surface area contributed by atoms with Crippen LogP contribution in [-0.2, 0) is 20.7 Å². The Morgan fingerprint density at radius 2 is 1.71 bits per heavy atom. The molecule has 1 saturated heterocycles. The molecular weight excluding hydrogens is 524 g/mol. The lowest BCUT2D eigenvalue weighted by Gasteiger charge is -2.38. The first-order chi connectivity index (χ1) is 20.5. The summed E-state index contributed by atoms with van der Waals surface area (Å²) in [5.74, 6) is 2.50. The number of hydrogen-bond donors (Lipinski definition) is 1. The summed E-state index contributed by atoms with van der Waals surface area (Å²) in [5, 5.41) is 9.32. The molecule has 2 aromatic carbocycles. The highest BCUT2D eigenvalue weighted by atomic mass is 16.6. The SMILES string of the molecule is C=C(C)C(=O)OCCOc1cc(-c2ccc(C3CCC(C4CCC(CCCCC)CO4)CC3)cc2)ccc1CCCO. The summed E-state index contributed by atoms with van der Waals surface area (Å²) < 4.78 is 17.6. The van der Waals surface area contributed by atoms with Gasteiger partial charge in [0.15, 0.2) is 0 Å². The molecule has 2 fully saturated rings. The van der Waals surface area contributed by atoms with Crippen LogP contribution in [0.25, 0.3) is 11.1 Å². The molecule has 0 aromatic heterocycles. The number of carbonyl (C=O) groups excluding carboxylic acids is 1. The van der Waals surface area contributed by atoms with E-state index in [1.807, 2.05) is 0 Å². The number of aliphatic hydroxyl groups is 1. The lowest BCUT2D eigenvalue weighted by Crippen LogP contribution is -2.34. The first-order valence-corrected chi connectivity index (χ1v) is 16.4. The van der Waals surface area contributed by atoms with Gasteiger partial charge in [0.05, 0.1) is 6.10 Å². The minimum atomic E-state index is -0.407. The van der Waals surface area contributed by atoms with Crippen molar-refractivity contribution in [3.8, 4) is 16.9 Å². The smallest absolute Gasteiger partial charge is 0.333 e. The molecule has 5 heteroatoms. The maximum atomic E-state index is 11.7. The maximum absolute atomic E-state index is 11.7. The van der Waals surface area contributed by atoms with Crippen LogP contribution in [0.5, 0.6) is 5.75 Å². The largest absolute Gasteiger partial charge is 0.490 e. The molecular formula is C37H52O5. The van der Waals surface area contributed by atoms with Crippen molar-refractivity contribution in [1.29, 1.82) is 0 Å². The maximum Gasteiger partial charge on any atom is 0.333 e. The van der Waals surface area contributed by atoms with Gasteiger partial charge in [-0.2, -0.15) is 0 Å². The van der Waals surface area contributed by atoms with E-state index >= 15 is 0 Å². The van der Waals surface area contributed by atoms with E-state index in [9.17, 15) is 9.90 Å². The molecule has 2 unspecified atom stereocenters. The topological polar surface area (TPSA) is 65.0 Å². The van der Waals surface area contributed by atoms with Crippen LogP contribution in [0.2, 0.25) is 0 Å². The molecule has 2 atom stereocenters. The number of rotatable bonds is 15. The molecule has 1 aliphatic carbocycles. The Morgan fingerprint density at radius 3 is 2.38 bits per heavy atom. The Kier molecular flexibility index (Phi) is 13.0. The third kappa shape index (κ3) is 9.44. The number of unbranched alkanes of at least 4 members (excludes halogenated alkanes) is 2. The Balaban J connectivity index is 1.29. The number of aryl methyl sites for hydroxylation is 1. The minimum Gasteiger partial charge on any atom is -0.490 e. The Hall–Kier alpha value is -2.63. The second-order valence-electron chi connectivity index (χ2n) is 12.5. The van der Waals surface area contributed by atoms with Crippen molar-refractivity contribution in [3.63, 3.8) is 0 Å². The van der Waals surface area contributed by atoms with Crippen LogP contribution in [0, 0.1) is 11.8 Å². The van der Waals surface area contributed by atoms with Crippen LogP contribution in [-0.4, -0.2) is 43.6 Å². The number of ether oxygens (including phenoxy) is 3. The highest BCUT2D eigenvalue weighted by molar-refractivity contribution is 5.86. The van der Waals surface area contributed by atoms with Crippen LogP contribution in [0.3, 0.4) is 0 Å². The molecule has 42 heavy (non-hydrogen) atoms. The third-order valence-electron chi connectivity index (χ3n) is 9.23. The molecule has 0 amide bonds. The minimum absolute atomic E-state index is 0.133. The van der Waals surface area contributed by atoms with Gasteiger partial charge in [0.25, 0.3) is 0 Å². The van der Waals surface area contributed by atoms with Crippen LogP contribution in [0.15, 0.2) is 54.6 Å². The molecule has 1 aliphatic heterocycles. The van der Waals surface area contributed by atoms with E-state index in [0.717, 1.165) is 47.3 Å². The summed E-state index contributed by atoms with van der Waals surface area (Å²) in [6.45, 7) is 9.06. The van der Waals surface area contributed by atoms with E-state index < -0.39 is 5.97 Å². The van der Waals surface area contributed by atoms with Crippen molar-refractivity contribution in [2.24, 2.45) is 11.8 Å². The standard InChI is InChI=1S/C37H52O5/c1-4-5-6-8-28-10-21-35(42-26-28)33-17-15-30(16-18-33)29-11-13-31(14-12-29)34-20-19-32(9-7-22-38)36(25-34)40-23-24-41-37(39)27(2)3/h11-14,19-20,25,28,30,33,35,38H,2,4-10,15-18,21-24,26H2,1,3H3. The molecule has 230 valence electrons. The predicted octanol–water partition coefficient (Wildman–Crippen LogP) is 8.43. The zero-order valence-corrected chi connectivity index (χ0v) is 26.0. The summed E-state index contributed by atoms with van der Waals surface area (Å²) in [5.41, 5.74) is 5.11. The first-order valence-electron chi connectivity index (χ1n) is 16.4. The lowest BCUT2D eigenvalue weighted by molar-refractivity contribution is -0.139. The molecule has 1 N–H and O–H groups in total. The van der Waals surface area contributed by atoms with Crippen molar-refractivity contribution in [2.75, 3.05) is 26.4 Å². The monoisotopic (exact) mass is 576 g/mol. The van der Waals surface area contributed by atoms with Gasteiger partial charge in [-0.25, -0.2) is 4.79 Å². The summed E-state index contributed by atoms with van der Waals surface area (Å²) in [6, 6.07) is 15.3. The first kappa shape index (κ1) is 32.3. The van der Waals surface area contributed by atoms with E-state index in [1.54, 1.807) is 6.92 Å². The summed E-state index contributed by atoms with van der Waals surface area (Å²) >= 11 is 0. The average Bonchev–Trinajstić information content (AvgIpc) is 3.03. The van der Waals surface area contributed by atoms with Crippen molar-refractivity contribution < 1.29 is 24.1 Å². The van der Waals surface area contributed by atoms with Gasteiger partial charge in [0.2, 0.25) is 0 Å². The van der Waals surface area contributed by atoms with Crippen LogP contribution >= 0.6 is 0 Å². The van der Waals surface area contributed by atoms with Gasteiger partial charge in [-0.1, -0.05) is 69.2 Å². The molecule has 1 saturated carbocycles.